The molecule has 7 heteroatoms. The monoisotopic (exact) mass is 335 g/mol. The van der Waals surface area contributed by atoms with Crippen molar-refractivity contribution < 1.29 is 18.3 Å². The van der Waals surface area contributed by atoms with E-state index in [0.717, 1.165) is 6.26 Å². The van der Waals surface area contributed by atoms with E-state index in [4.69, 9.17) is 5.11 Å². The van der Waals surface area contributed by atoms with Gasteiger partial charge in [-0.2, -0.15) is 0 Å². The molecule has 18 heavy (non-hydrogen) atoms. The summed E-state index contributed by atoms with van der Waals surface area (Å²) in [6, 6.07) is 3.89. The van der Waals surface area contributed by atoms with Gasteiger partial charge in [-0.25, -0.2) is 8.42 Å². The van der Waals surface area contributed by atoms with Gasteiger partial charge in [0.15, 0.2) is 9.84 Å². The molecular formula is C11H14BrNO4S. The van der Waals surface area contributed by atoms with Gasteiger partial charge < -0.3 is 10.4 Å². The number of benzene rings is 1. The first-order valence-corrected chi connectivity index (χ1v) is 7.85. The molecule has 1 rings (SSSR count). The fourth-order valence-corrected chi connectivity index (χ4v) is 3.28. The molecule has 0 saturated carbocycles. The minimum absolute atomic E-state index is 0.134. The number of nitrogens with one attached hydrogen (secondary N) is 1. The summed E-state index contributed by atoms with van der Waals surface area (Å²) >= 11 is 3.13. The maximum absolute atomic E-state index is 11.7. The van der Waals surface area contributed by atoms with E-state index in [1.165, 1.54) is 18.2 Å². The average molecular weight is 336 g/mol. The smallest absolute Gasteiger partial charge is 0.251 e. The van der Waals surface area contributed by atoms with Crippen molar-refractivity contribution in [2.24, 2.45) is 0 Å². The number of rotatable bonds is 4. The van der Waals surface area contributed by atoms with Crippen molar-refractivity contribution >= 4 is 31.7 Å². The van der Waals surface area contributed by atoms with Crippen LogP contribution in [0.4, 0.5) is 0 Å². The average Bonchev–Trinajstić information content (AvgIpc) is 2.26. The van der Waals surface area contributed by atoms with Crippen LogP contribution in [0.15, 0.2) is 27.6 Å². The van der Waals surface area contributed by atoms with Crippen LogP contribution < -0.4 is 5.32 Å². The summed E-state index contributed by atoms with van der Waals surface area (Å²) in [5.74, 6) is -0.364. The van der Waals surface area contributed by atoms with Gasteiger partial charge >= 0.3 is 0 Å². The normalized spacial score (nSPS) is 13.1. The van der Waals surface area contributed by atoms with E-state index < -0.39 is 9.84 Å². The molecule has 0 aliphatic rings. The first-order chi connectivity index (χ1) is 8.25. The second-order valence-corrected chi connectivity index (χ2v) is 6.81. The van der Waals surface area contributed by atoms with Crippen LogP contribution in [0.1, 0.15) is 17.3 Å². The van der Waals surface area contributed by atoms with Crippen LogP contribution >= 0.6 is 15.9 Å². The predicted octanol–water partition coefficient (Wildman–Crippen LogP) is 0.963. The van der Waals surface area contributed by atoms with Crippen molar-refractivity contribution in [1.82, 2.24) is 5.32 Å². The second-order valence-electron chi connectivity index (χ2n) is 3.97. The largest absolute Gasteiger partial charge is 0.394 e. The first kappa shape index (κ1) is 15.1. The van der Waals surface area contributed by atoms with Gasteiger partial charge in [-0.3, -0.25) is 4.79 Å². The summed E-state index contributed by atoms with van der Waals surface area (Å²) in [5, 5.41) is 11.4. The molecule has 0 spiro atoms. The van der Waals surface area contributed by atoms with Gasteiger partial charge in [0.2, 0.25) is 0 Å². The maximum atomic E-state index is 11.7. The first-order valence-electron chi connectivity index (χ1n) is 5.17. The lowest BCUT2D eigenvalue weighted by atomic mass is 10.2. The fourth-order valence-electron chi connectivity index (χ4n) is 1.30. The molecule has 0 aliphatic heterocycles. The lowest BCUT2D eigenvalue weighted by molar-refractivity contribution is 0.0922. The van der Waals surface area contributed by atoms with Gasteiger partial charge in [0.05, 0.1) is 11.5 Å². The molecule has 0 bridgehead atoms. The van der Waals surface area contributed by atoms with Gasteiger partial charge in [-0.15, -0.1) is 0 Å². The van der Waals surface area contributed by atoms with E-state index in [9.17, 15) is 13.2 Å². The molecule has 5 nitrogen and oxygen atoms in total. The summed E-state index contributed by atoms with van der Waals surface area (Å²) in [7, 11) is -3.32. The summed E-state index contributed by atoms with van der Waals surface area (Å²) < 4.78 is 23.1. The topological polar surface area (TPSA) is 83.5 Å². The molecule has 0 heterocycles. The third kappa shape index (κ3) is 3.79. The van der Waals surface area contributed by atoms with E-state index in [0.29, 0.717) is 10.0 Å². The Kier molecular flexibility index (Phi) is 4.89. The number of carbonyl (C=O) groups excluding carboxylic acids is 1. The molecule has 0 radical (unpaired) electrons. The highest BCUT2D eigenvalue weighted by molar-refractivity contribution is 9.10. The maximum Gasteiger partial charge on any atom is 0.251 e. The third-order valence-corrected chi connectivity index (χ3v) is 4.32. The molecule has 1 amide bonds. The van der Waals surface area contributed by atoms with E-state index in [2.05, 4.69) is 21.2 Å². The van der Waals surface area contributed by atoms with Crippen molar-refractivity contribution in [2.45, 2.75) is 17.9 Å². The second kappa shape index (κ2) is 5.81. The zero-order chi connectivity index (χ0) is 13.9. The van der Waals surface area contributed by atoms with Crippen LogP contribution in [0.5, 0.6) is 0 Å². The highest BCUT2D eigenvalue weighted by atomic mass is 79.9. The number of amides is 1. The molecule has 1 aromatic rings. The van der Waals surface area contributed by atoms with Gasteiger partial charge in [-0.05, 0) is 41.1 Å². The van der Waals surface area contributed by atoms with Crippen LogP contribution in [0.25, 0.3) is 0 Å². The fraction of sp³-hybridized carbons (Fsp3) is 0.364. The van der Waals surface area contributed by atoms with Crippen LogP contribution in [-0.2, 0) is 9.84 Å². The Balaban J connectivity index is 3.02. The van der Waals surface area contributed by atoms with E-state index in [1.807, 2.05) is 0 Å². The predicted molar refractivity (Wildman–Crippen MR) is 71.3 cm³/mol. The van der Waals surface area contributed by atoms with Crippen molar-refractivity contribution in [2.75, 3.05) is 12.9 Å². The highest BCUT2D eigenvalue weighted by Crippen LogP contribution is 2.23. The molecule has 1 aromatic carbocycles. The molecule has 1 atom stereocenters. The number of hydrogen-bond donors (Lipinski definition) is 2. The number of halogens is 1. The number of aliphatic hydroxyl groups excluding tert-OH is 1. The molecule has 2 N–H and O–H groups in total. The zero-order valence-electron chi connectivity index (χ0n) is 9.97. The van der Waals surface area contributed by atoms with Crippen LogP contribution in [0.3, 0.4) is 0 Å². The van der Waals surface area contributed by atoms with E-state index in [1.54, 1.807) is 6.92 Å². The van der Waals surface area contributed by atoms with Gasteiger partial charge in [0, 0.05) is 22.3 Å². The number of carbonyl (C=O) groups is 1. The molecule has 1 unspecified atom stereocenters. The Morgan fingerprint density at radius 1 is 1.50 bits per heavy atom. The Hall–Kier alpha value is -0.920. The SMILES string of the molecule is CC(CO)NC(=O)c1ccc(S(C)(=O)=O)c(Br)c1. The Bertz CT molecular complexity index is 556. The number of hydrogen-bond acceptors (Lipinski definition) is 4. The van der Waals surface area contributed by atoms with Crippen molar-refractivity contribution in [1.29, 1.82) is 0 Å². The Labute approximate surface area is 114 Å². The van der Waals surface area contributed by atoms with Crippen molar-refractivity contribution in [3.63, 3.8) is 0 Å². The van der Waals surface area contributed by atoms with Gasteiger partial charge in [0.1, 0.15) is 0 Å². The quantitative estimate of drug-likeness (QED) is 0.858. The molecule has 0 aromatic heterocycles. The molecule has 0 fully saturated rings. The van der Waals surface area contributed by atoms with Gasteiger partial charge in [0.25, 0.3) is 5.91 Å². The van der Waals surface area contributed by atoms with Crippen LogP contribution in [0, 0.1) is 0 Å². The van der Waals surface area contributed by atoms with E-state index in [-0.39, 0.29) is 23.5 Å². The van der Waals surface area contributed by atoms with E-state index >= 15 is 0 Å². The highest BCUT2D eigenvalue weighted by Gasteiger charge is 2.15. The molecular weight excluding hydrogens is 322 g/mol. The zero-order valence-corrected chi connectivity index (χ0v) is 12.4. The molecule has 100 valence electrons. The van der Waals surface area contributed by atoms with Crippen LogP contribution in [-0.4, -0.2) is 38.3 Å². The number of sulfone groups is 1. The standard InChI is InChI=1S/C11H14BrNO4S/c1-7(6-14)13-11(15)8-3-4-10(9(12)5-8)18(2,16)17/h3-5,7,14H,6H2,1-2H3,(H,13,15). The molecule has 0 saturated heterocycles. The Morgan fingerprint density at radius 2 is 2.11 bits per heavy atom. The van der Waals surface area contributed by atoms with Crippen molar-refractivity contribution in [3.05, 3.63) is 28.2 Å². The minimum Gasteiger partial charge on any atom is -0.394 e. The summed E-state index contributed by atoms with van der Waals surface area (Å²) in [5.41, 5.74) is 0.328. The number of aliphatic hydroxyl groups is 1. The third-order valence-electron chi connectivity index (χ3n) is 2.24. The minimum atomic E-state index is -3.32. The van der Waals surface area contributed by atoms with Gasteiger partial charge in [-0.1, -0.05) is 0 Å². The Morgan fingerprint density at radius 3 is 2.56 bits per heavy atom. The summed E-state index contributed by atoms with van der Waals surface area (Å²) in [6.07, 6.45) is 1.10. The lowest BCUT2D eigenvalue weighted by Crippen LogP contribution is -2.35. The van der Waals surface area contributed by atoms with Crippen LogP contribution in [0.2, 0.25) is 0 Å². The van der Waals surface area contributed by atoms with Crippen molar-refractivity contribution in [3.8, 4) is 0 Å². The molecule has 0 aliphatic carbocycles. The lowest BCUT2D eigenvalue weighted by Gasteiger charge is -2.11. The summed E-state index contributed by atoms with van der Waals surface area (Å²) in [6.45, 7) is 1.51. The summed E-state index contributed by atoms with van der Waals surface area (Å²) in [4.78, 5) is 11.9.